The van der Waals surface area contributed by atoms with Crippen LogP contribution in [0.1, 0.15) is 17.3 Å². The molecule has 7 heteroatoms. The van der Waals surface area contributed by atoms with Crippen molar-refractivity contribution in [1.82, 2.24) is 0 Å². The van der Waals surface area contributed by atoms with Crippen molar-refractivity contribution in [1.29, 1.82) is 0 Å². The number of carbonyl (C=O) groups excluding carboxylic acids is 2. The number of hydrogen-bond acceptors (Lipinski definition) is 4. The number of rotatable bonds is 5. The van der Waals surface area contributed by atoms with Gasteiger partial charge >= 0.3 is 0 Å². The maximum Gasteiger partial charge on any atom is 0.255 e. The molecular weight excluding hydrogens is 315 g/mol. The number of carbonyl (C=O) groups is 2. The van der Waals surface area contributed by atoms with Crippen LogP contribution in [0.4, 0.5) is 15.8 Å². The Hall–Kier alpha value is -3.09. The van der Waals surface area contributed by atoms with Crippen molar-refractivity contribution in [3.8, 4) is 11.5 Å². The molecular formula is C17H17FN2O4. The van der Waals surface area contributed by atoms with Gasteiger partial charge in [0.15, 0.2) is 0 Å². The summed E-state index contributed by atoms with van der Waals surface area (Å²) in [6, 6.07) is 8.37. The molecule has 0 radical (unpaired) electrons. The van der Waals surface area contributed by atoms with Crippen molar-refractivity contribution < 1.29 is 23.5 Å². The average Bonchev–Trinajstić information content (AvgIpc) is 2.55. The molecule has 0 fully saturated rings. The summed E-state index contributed by atoms with van der Waals surface area (Å²) in [5.41, 5.74) is 0.908. The van der Waals surface area contributed by atoms with Crippen LogP contribution in [0.15, 0.2) is 36.4 Å². The van der Waals surface area contributed by atoms with E-state index >= 15 is 0 Å². The van der Waals surface area contributed by atoms with E-state index in [0.29, 0.717) is 22.9 Å². The second-order valence-electron chi connectivity index (χ2n) is 4.90. The summed E-state index contributed by atoms with van der Waals surface area (Å²) in [6.45, 7) is 1.37. The fourth-order valence-corrected chi connectivity index (χ4v) is 2.11. The van der Waals surface area contributed by atoms with Gasteiger partial charge in [-0.05, 0) is 18.2 Å². The van der Waals surface area contributed by atoms with Gasteiger partial charge in [-0.2, -0.15) is 0 Å². The van der Waals surface area contributed by atoms with Gasteiger partial charge in [-0.25, -0.2) is 4.39 Å². The minimum absolute atomic E-state index is 0.168. The highest BCUT2D eigenvalue weighted by Crippen LogP contribution is 2.36. The summed E-state index contributed by atoms with van der Waals surface area (Å²) < 4.78 is 23.7. The lowest BCUT2D eigenvalue weighted by Crippen LogP contribution is -2.14. The average molecular weight is 332 g/mol. The number of halogens is 1. The lowest BCUT2D eigenvalue weighted by molar-refractivity contribution is -0.114. The predicted molar refractivity (Wildman–Crippen MR) is 88.2 cm³/mol. The molecule has 0 heterocycles. The number of methoxy groups -OCH3 is 2. The standard InChI is InChI=1S/C17H17FN2O4/c1-10(21)19-13-8-16(24-3)14(9-15(13)23-2)20-17(22)11-5-4-6-12(18)7-11/h4-9H,1-3H3,(H,19,21)(H,20,22). The molecule has 6 nitrogen and oxygen atoms in total. The molecule has 0 aliphatic rings. The van der Waals surface area contributed by atoms with E-state index in [1.54, 1.807) is 0 Å². The molecule has 126 valence electrons. The van der Waals surface area contributed by atoms with E-state index in [2.05, 4.69) is 10.6 Å². The topological polar surface area (TPSA) is 76.7 Å². The van der Waals surface area contributed by atoms with Crippen LogP contribution in [0, 0.1) is 5.82 Å². The summed E-state index contributed by atoms with van der Waals surface area (Å²) in [6.07, 6.45) is 0. The van der Waals surface area contributed by atoms with E-state index in [-0.39, 0.29) is 11.5 Å². The highest BCUT2D eigenvalue weighted by atomic mass is 19.1. The molecule has 0 unspecified atom stereocenters. The first kappa shape index (κ1) is 17.3. The fraction of sp³-hybridized carbons (Fsp3) is 0.176. The third kappa shape index (κ3) is 4.01. The number of anilines is 2. The Bertz CT molecular complexity index is 777. The molecule has 0 aromatic heterocycles. The first-order chi connectivity index (χ1) is 11.4. The summed E-state index contributed by atoms with van der Waals surface area (Å²) in [4.78, 5) is 23.5. The number of hydrogen-bond donors (Lipinski definition) is 2. The van der Waals surface area contributed by atoms with Crippen LogP contribution in [0.3, 0.4) is 0 Å². The van der Waals surface area contributed by atoms with E-state index < -0.39 is 11.7 Å². The second-order valence-corrected chi connectivity index (χ2v) is 4.90. The van der Waals surface area contributed by atoms with Crippen molar-refractivity contribution in [2.45, 2.75) is 6.92 Å². The quantitative estimate of drug-likeness (QED) is 0.882. The molecule has 0 bridgehead atoms. The van der Waals surface area contributed by atoms with Crippen LogP contribution in [-0.4, -0.2) is 26.0 Å². The molecule has 0 aliphatic carbocycles. The van der Waals surface area contributed by atoms with Gasteiger partial charge < -0.3 is 20.1 Å². The lowest BCUT2D eigenvalue weighted by atomic mass is 10.2. The van der Waals surface area contributed by atoms with Crippen LogP contribution >= 0.6 is 0 Å². The maximum atomic E-state index is 13.2. The fourth-order valence-electron chi connectivity index (χ4n) is 2.11. The van der Waals surface area contributed by atoms with E-state index in [0.717, 1.165) is 6.07 Å². The normalized spacial score (nSPS) is 10.0. The minimum Gasteiger partial charge on any atom is -0.494 e. The Kier molecular flexibility index (Phi) is 5.36. The summed E-state index contributed by atoms with van der Waals surface area (Å²) in [5.74, 6) is -0.605. The molecule has 0 spiro atoms. The van der Waals surface area contributed by atoms with Gasteiger partial charge in [0, 0.05) is 24.6 Å². The Morgan fingerprint density at radius 1 is 0.958 bits per heavy atom. The monoisotopic (exact) mass is 332 g/mol. The summed E-state index contributed by atoms with van der Waals surface area (Å²) in [5, 5.41) is 5.25. The highest BCUT2D eigenvalue weighted by molar-refractivity contribution is 6.05. The van der Waals surface area contributed by atoms with Gasteiger partial charge in [-0.1, -0.05) is 6.07 Å². The molecule has 0 saturated heterocycles. The molecule has 0 atom stereocenters. The van der Waals surface area contributed by atoms with Crippen molar-refractivity contribution in [2.75, 3.05) is 24.9 Å². The van der Waals surface area contributed by atoms with Crippen LogP contribution in [0.2, 0.25) is 0 Å². The number of ether oxygens (including phenoxy) is 2. The van der Waals surface area contributed by atoms with Gasteiger partial charge in [0.1, 0.15) is 17.3 Å². The molecule has 0 aliphatic heterocycles. The molecule has 2 rings (SSSR count). The molecule has 2 amide bonds. The summed E-state index contributed by atoms with van der Waals surface area (Å²) in [7, 11) is 2.86. The van der Waals surface area contributed by atoms with Crippen LogP contribution in [0.25, 0.3) is 0 Å². The van der Waals surface area contributed by atoms with Crippen LogP contribution in [0.5, 0.6) is 11.5 Å². The van der Waals surface area contributed by atoms with Crippen molar-refractivity contribution in [2.24, 2.45) is 0 Å². The van der Waals surface area contributed by atoms with Crippen molar-refractivity contribution >= 4 is 23.2 Å². The molecule has 0 saturated carbocycles. The first-order valence-corrected chi connectivity index (χ1v) is 7.05. The van der Waals surface area contributed by atoms with E-state index in [9.17, 15) is 14.0 Å². The number of nitrogens with one attached hydrogen (secondary N) is 2. The molecule has 2 N–H and O–H groups in total. The maximum absolute atomic E-state index is 13.2. The number of benzene rings is 2. The molecule has 24 heavy (non-hydrogen) atoms. The highest BCUT2D eigenvalue weighted by Gasteiger charge is 2.15. The Morgan fingerprint density at radius 2 is 1.54 bits per heavy atom. The smallest absolute Gasteiger partial charge is 0.255 e. The van der Waals surface area contributed by atoms with Gasteiger partial charge in [0.2, 0.25) is 5.91 Å². The van der Waals surface area contributed by atoms with Crippen molar-refractivity contribution in [3.63, 3.8) is 0 Å². The second kappa shape index (κ2) is 7.45. The number of amides is 2. The minimum atomic E-state index is -0.506. The van der Waals surface area contributed by atoms with E-state index in [1.807, 2.05) is 0 Å². The van der Waals surface area contributed by atoms with Crippen molar-refractivity contribution in [3.05, 3.63) is 47.8 Å². The van der Waals surface area contributed by atoms with E-state index in [4.69, 9.17) is 9.47 Å². The van der Waals surface area contributed by atoms with Gasteiger partial charge in [0.25, 0.3) is 5.91 Å². The third-order valence-corrected chi connectivity index (χ3v) is 3.17. The largest absolute Gasteiger partial charge is 0.494 e. The zero-order valence-electron chi connectivity index (χ0n) is 13.5. The molecule has 2 aromatic rings. The van der Waals surface area contributed by atoms with Gasteiger partial charge in [-0.3, -0.25) is 9.59 Å². The summed E-state index contributed by atoms with van der Waals surface area (Å²) >= 11 is 0. The SMILES string of the molecule is COc1cc(NC(=O)c2cccc(F)c2)c(OC)cc1NC(C)=O. The Balaban J connectivity index is 2.35. The Morgan fingerprint density at radius 3 is 2.04 bits per heavy atom. The third-order valence-electron chi connectivity index (χ3n) is 3.17. The van der Waals surface area contributed by atoms with Gasteiger partial charge in [0.05, 0.1) is 25.6 Å². The van der Waals surface area contributed by atoms with Crippen LogP contribution < -0.4 is 20.1 Å². The van der Waals surface area contributed by atoms with Gasteiger partial charge in [-0.15, -0.1) is 0 Å². The van der Waals surface area contributed by atoms with E-state index in [1.165, 1.54) is 51.5 Å². The lowest BCUT2D eigenvalue weighted by Gasteiger charge is -2.15. The predicted octanol–water partition coefficient (Wildman–Crippen LogP) is 3.05. The van der Waals surface area contributed by atoms with Crippen LogP contribution in [-0.2, 0) is 4.79 Å². The zero-order chi connectivity index (χ0) is 17.7. The molecule has 2 aromatic carbocycles. The zero-order valence-corrected chi connectivity index (χ0v) is 13.5. The first-order valence-electron chi connectivity index (χ1n) is 7.05. The Labute approximate surface area is 138 Å².